The zero-order valence-electron chi connectivity index (χ0n) is 9.18. The first-order valence-corrected chi connectivity index (χ1v) is 4.92. The number of nitro benzene ring substituents is 1. The third-order valence-electron chi connectivity index (χ3n) is 2.40. The van der Waals surface area contributed by atoms with E-state index in [0.29, 0.717) is 0 Å². The molecular formula is C10H12N2O6. The summed E-state index contributed by atoms with van der Waals surface area (Å²) in [4.78, 5) is 20.6. The van der Waals surface area contributed by atoms with E-state index in [9.17, 15) is 25.1 Å². The van der Waals surface area contributed by atoms with Crippen molar-refractivity contribution in [2.24, 2.45) is 5.73 Å². The predicted octanol–water partition coefficient (Wildman–Crippen LogP) is -1.03. The summed E-state index contributed by atoms with van der Waals surface area (Å²) in [6.45, 7) is -0.608. The maximum absolute atomic E-state index is 10.7. The fraction of sp³-hybridized carbons (Fsp3) is 0.300. The third-order valence-corrected chi connectivity index (χ3v) is 2.40. The molecule has 1 aromatic rings. The lowest BCUT2D eigenvalue weighted by atomic mass is 10.0. The molecule has 8 heteroatoms. The number of benzene rings is 1. The highest BCUT2D eigenvalue weighted by Gasteiger charge is 2.25. The topological polar surface area (TPSA) is 147 Å². The van der Waals surface area contributed by atoms with E-state index >= 15 is 0 Å². The maximum atomic E-state index is 10.7. The molecule has 0 fully saturated rings. The van der Waals surface area contributed by atoms with Crippen LogP contribution >= 0.6 is 0 Å². The molecule has 0 radical (unpaired) electrons. The molecule has 0 saturated carbocycles. The Kier molecular flexibility index (Phi) is 4.32. The van der Waals surface area contributed by atoms with Crippen LogP contribution in [0.1, 0.15) is 17.2 Å². The molecule has 1 aromatic carbocycles. The maximum Gasteiger partial charge on any atom is 0.274 e. The number of primary amides is 1. The van der Waals surface area contributed by atoms with Gasteiger partial charge in [0, 0.05) is 6.07 Å². The highest BCUT2D eigenvalue weighted by molar-refractivity contribution is 5.79. The largest absolute Gasteiger partial charge is 0.391 e. The predicted molar refractivity (Wildman–Crippen MR) is 59.2 cm³/mol. The fourth-order valence-electron chi connectivity index (χ4n) is 1.43. The van der Waals surface area contributed by atoms with Gasteiger partial charge in [-0.15, -0.1) is 0 Å². The Hall–Kier alpha value is -2.03. The average molecular weight is 256 g/mol. The molecule has 8 nitrogen and oxygen atoms in total. The SMILES string of the molecule is NC(=O)C(O)C(O)c1ccc([N+](=O)[O-])c(CO)c1. The Balaban J connectivity index is 3.13. The van der Waals surface area contributed by atoms with Crippen LogP contribution in [-0.2, 0) is 11.4 Å². The molecule has 0 aliphatic heterocycles. The van der Waals surface area contributed by atoms with E-state index in [2.05, 4.69) is 0 Å². The molecule has 2 atom stereocenters. The average Bonchev–Trinajstić information content (AvgIpc) is 2.35. The Bertz CT molecular complexity index is 475. The second-order valence-corrected chi connectivity index (χ2v) is 3.60. The molecule has 98 valence electrons. The van der Waals surface area contributed by atoms with E-state index in [4.69, 9.17) is 10.8 Å². The van der Waals surface area contributed by atoms with E-state index in [1.165, 1.54) is 6.07 Å². The van der Waals surface area contributed by atoms with Gasteiger partial charge in [0.2, 0.25) is 5.91 Å². The fourth-order valence-corrected chi connectivity index (χ4v) is 1.43. The Morgan fingerprint density at radius 3 is 2.50 bits per heavy atom. The van der Waals surface area contributed by atoms with Crippen LogP contribution in [0.25, 0.3) is 0 Å². The number of aliphatic hydroxyl groups excluding tert-OH is 3. The van der Waals surface area contributed by atoms with Crippen molar-refractivity contribution in [2.75, 3.05) is 0 Å². The Morgan fingerprint density at radius 1 is 1.44 bits per heavy atom. The van der Waals surface area contributed by atoms with Gasteiger partial charge in [0.25, 0.3) is 5.69 Å². The van der Waals surface area contributed by atoms with E-state index in [1.807, 2.05) is 0 Å². The van der Waals surface area contributed by atoms with Crippen molar-refractivity contribution in [1.29, 1.82) is 0 Å². The van der Waals surface area contributed by atoms with Gasteiger partial charge < -0.3 is 21.1 Å². The highest BCUT2D eigenvalue weighted by Crippen LogP contribution is 2.25. The van der Waals surface area contributed by atoms with Gasteiger partial charge in [-0.3, -0.25) is 14.9 Å². The van der Waals surface area contributed by atoms with Crippen molar-refractivity contribution in [1.82, 2.24) is 0 Å². The lowest BCUT2D eigenvalue weighted by molar-refractivity contribution is -0.385. The number of aliphatic hydroxyl groups is 3. The summed E-state index contributed by atoms with van der Waals surface area (Å²) in [7, 11) is 0. The molecule has 0 aliphatic carbocycles. The molecular weight excluding hydrogens is 244 g/mol. The molecule has 1 amide bonds. The van der Waals surface area contributed by atoms with Crippen LogP contribution in [0.15, 0.2) is 18.2 Å². The number of hydrogen-bond acceptors (Lipinski definition) is 6. The minimum Gasteiger partial charge on any atom is -0.391 e. The van der Waals surface area contributed by atoms with Crippen LogP contribution < -0.4 is 5.73 Å². The first-order valence-electron chi connectivity index (χ1n) is 4.92. The molecule has 1 rings (SSSR count). The van der Waals surface area contributed by atoms with Crippen molar-refractivity contribution in [3.05, 3.63) is 39.4 Å². The van der Waals surface area contributed by atoms with E-state index < -0.39 is 29.6 Å². The lowest BCUT2D eigenvalue weighted by Gasteiger charge is -2.15. The monoisotopic (exact) mass is 256 g/mol. The van der Waals surface area contributed by atoms with Crippen LogP contribution in [0.2, 0.25) is 0 Å². The number of carbonyl (C=O) groups excluding carboxylic acids is 1. The number of carbonyl (C=O) groups is 1. The summed E-state index contributed by atoms with van der Waals surface area (Å²) >= 11 is 0. The molecule has 2 unspecified atom stereocenters. The molecule has 0 bridgehead atoms. The van der Waals surface area contributed by atoms with Gasteiger partial charge in [0.1, 0.15) is 6.10 Å². The van der Waals surface area contributed by atoms with E-state index in [0.717, 1.165) is 12.1 Å². The first-order chi connectivity index (χ1) is 8.38. The van der Waals surface area contributed by atoms with Crippen molar-refractivity contribution >= 4 is 11.6 Å². The Labute approximate surface area is 101 Å². The highest BCUT2D eigenvalue weighted by atomic mass is 16.6. The number of hydrogen-bond donors (Lipinski definition) is 4. The molecule has 0 aromatic heterocycles. The third kappa shape index (κ3) is 2.80. The van der Waals surface area contributed by atoms with Crippen LogP contribution in [0.5, 0.6) is 0 Å². The first kappa shape index (κ1) is 14.0. The molecule has 0 spiro atoms. The van der Waals surface area contributed by atoms with Gasteiger partial charge in [-0.1, -0.05) is 0 Å². The number of rotatable bonds is 5. The lowest BCUT2D eigenvalue weighted by Crippen LogP contribution is -2.33. The molecule has 18 heavy (non-hydrogen) atoms. The summed E-state index contributed by atoms with van der Waals surface area (Å²) < 4.78 is 0. The normalized spacial score (nSPS) is 13.9. The number of amides is 1. The van der Waals surface area contributed by atoms with Gasteiger partial charge in [0.15, 0.2) is 6.10 Å². The van der Waals surface area contributed by atoms with Gasteiger partial charge in [-0.2, -0.15) is 0 Å². The molecule has 0 aliphatic rings. The summed E-state index contributed by atoms with van der Waals surface area (Å²) in [5.74, 6) is -1.12. The van der Waals surface area contributed by atoms with E-state index in [1.54, 1.807) is 0 Å². The zero-order valence-corrected chi connectivity index (χ0v) is 9.18. The van der Waals surface area contributed by atoms with Crippen molar-refractivity contribution in [3.8, 4) is 0 Å². The minimum absolute atomic E-state index is 0.0341. The van der Waals surface area contributed by atoms with Crippen LogP contribution in [0.3, 0.4) is 0 Å². The number of nitro groups is 1. The summed E-state index contributed by atoms with van der Waals surface area (Å²) in [5.41, 5.74) is 4.52. The van der Waals surface area contributed by atoms with Crippen LogP contribution in [0.4, 0.5) is 5.69 Å². The van der Waals surface area contributed by atoms with Crippen LogP contribution in [0, 0.1) is 10.1 Å². The summed E-state index contributed by atoms with van der Waals surface area (Å²) in [6.07, 6.45) is -3.42. The van der Waals surface area contributed by atoms with Gasteiger partial charge >= 0.3 is 0 Å². The molecule has 5 N–H and O–H groups in total. The summed E-state index contributed by atoms with van der Waals surface area (Å²) in [6, 6.07) is 3.38. The van der Waals surface area contributed by atoms with Gasteiger partial charge in [0.05, 0.1) is 17.1 Å². The second kappa shape index (κ2) is 5.54. The van der Waals surface area contributed by atoms with Gasteiger partial charge in [-0.05, 0) is 17.7 Å². The number of nitrogens with two attached hydrogens (primary N) is 1. The van der Waals surface area contributed by atoms with Crippen molar-refractivity contribution < 1.29 is 25.0 Å². The van der Waals surface area contributed by atoms with Crippen molar-refractivity contribution in [3.63, 3.8) is 0 Å². The smallest absolute Gasteiger partial charge is 0.274 e. The number of nitrogens with zero attached hydrogens (tertiary/aromatic N) is 1. The quantitative estimate of drug-likeness (QED) is 0.391. The molecule has 0 saturated heterocycles. The summed E-state index contributed by atoms with van der Waals surface area (Å²) in [5, 5.41) is 38.5. The Morgan fingerprint density at radius 2 is 2.06 bits per heavy atom. The van der Waals surface area contributed by atoms with Gasteiger partial charge in [-0.25, -0.2) is 0 Å². The zero-order chi connectivity index (χ0) is 13.9. The minimum atomic E-state index is -1.82. The standard InChI is InChI=1S/C10H12N2O6/c11-10(16)9(15)8(14)5-1-2-7(12(17)18)6(3-5)4-13/h1-3,8-9,13-15H,4H2,(H2,11,16). The van der Waals surface area contributed by atoms with E-state index in [-0.39, 0.29) is 16.8 Å². The van der Waals surface area contributed by atoms with Crippen LogP contribution in [-0.4, -0.2) is 32.3 Å². The molecule has 0 heterocycles. The van der Waals surface area contributed by atoms with Crippen molar-refractivity contribution in [2.45, 2.75) is 18.8 Å². The second-order valence-electron chi connectivity index (χ2n) is 3.60.